The number of rotatable bonds is 5. The van der Waals surface area contributed by atoms with E-state index in [1.54, 1.807) is 6.20 Å². The van der Waals surface area contributed by atoms with Gasteiger partial charge in [0.05, 0.1) is 12.2 Å². The minimum Gasteiger partial charge on any atom is -0.444 e. The van der Waals surface area contributed by atoms with Crippen molar-refractivity contribution in [2.75, 3.05) is 0 Å². The quantitative estimate of drug-likeness (QED) is 0.791. The van der Waals surface area contributed by atoms with Crippen LogP contribution in [-0.4, -0.2) is 16.9 Å². The zero-order chi connectivity index (χ0) is 12.1. The van der Waals surface area contributed by atoms with Gasteiger partial charge in [0.25, 0.3) is 0 Å². The SMILES string of the molecule is CCCC(N)C(=O)NC(C)c1ncc(C)o1. The van der Waals surface area contributed by atoms with Crippen LogP contribution in [0.15, 0.2) is 10.6 Å². The van der Waals surface area contributed by atoms with E-state index >= 15 is 0 Å². The highest BCUT2D eigenvalue weighted by atomic mass is 16.4. The van der Waals surface area contributed by atoms with Crippen molar-refractivity contribution in [3.63, 3.8) is 0 Å². The molecule has 2 atom stereocenters. The number of nitrogens with one attached hydrogen (secondary N) is 1. The molecule has 0 aliphatic carbocycles. The van der Waals surface area contributed by atoms with Crippen LogP contribution in [0.3, 0.4) is 0 Å². The Bertz CT molecular complexity index is 349. The van der Waals surface area contributed by atoms with E-state index in [0.717, 1.165) is 12.2 Å². The molecule has 0 saturated carbocycles. The van der Waals surface area contributed by atoms with Gasteiger partial charge in [-0.2, -0.15) is 0 Å². The van der Waals surface area contributed by atoms with Crippen LogP contribution in [0.1, 0.15) is 44.4 Å². The molecule has 0 aliphatic heterocycles. The lowest BCUT2D eigenvalue weighted by Crippen LogP contribution is -2.41. The Morgan fingerprint density at radius 1 is 1.69 bits per heavy atom. The highest BCUT2D eigenvalue weighted by Crippen LogP contribution is 2.12. The van der Waals surface area contributed by atoms with Gasteiger partial charge in [0.2, 0.25) is 11.8 Å². The number of nitrogens with zero attached hydrogens (tertiary/aromatic N) is 1. The fourth-order valence-electron chi connectivity index (χ4n) is 1.40. The highest BCUT2D eigenvalue weighted by molar-refractivity contribution is 5.81. The fraction of sp³-hybridized carbons (Fsp3) is 0.636. The van der Waals surface area contributed by atoms with Crippen molar-refractivity contribution in [2.24, 2.45) is 5.73 Å². The monoisotopic (exact) mass is 225 g/mol. The molecule has 1 amide bonds. The molecule has 0 aliphatic rings. The van der Waals surface area contributed by atoms with Crippen molar-refractivity contribution in [3.05, 3.63) is 17.8 Å². The maximum atomic E-state index is 11.6. The van der Waals surface area contributed by atoms with E-state index in [1.807, 2.05) is 20.8 Å². The Hall–Kier alpha value is -1.36. The van der Waals surface area contributed by atoms with Gasteiger partial charge in [-0.1, -0.05) is 13.3 Å². The molecule has 3 N–H and O–H groups in total. The number of carbonyl (C=O) groups excluding carboxylic acids is 1. The zero-order valence-corrected chi connectivity index (χ0v) is 9.99. The molecule has 0 bridgehead atoms. The molecule has 0 saturated heterocycles. The summed E-state index contributed by atoms with van der Waals surface area (Å²) in [6, 6.07) is -0.701. The molecular formula is C11H19N3O2. The maximum absolute atomic E-state index is 11.6. The summed E-state index contributed by atoms with van der Waals surface area (Å²) in [5.41, 5.74) is 5.70. The molecule has 0 aromatic carbocycles. The summed E-state index contributed by atoms with van der Waals surface area (Å²) in [5.74, 6) is 1.08. The van der Waals surface area contributed by atoms with Crippen molar-refractivity contribution in [1.82, 2.24) is 10.3 Å². The number of nitrogens with two attached hydrogens (primary N) is 1. The Kier molecular flexibility index (Phi) is 4.49. The van der Waals surface area contributed by atoms with E-state index in [2.05, 4.69) is 10.3 Å². The van der Waals surface area contributed by atoms with E-state index in [1.165, 1.54) is 0 Å². The van der Waals surface area contributed by atoms with Crippen molar-refractivity contribution < 1.29 is 9.21 Å². The van der Waals surface area contributed by atoms with Crippen LogP contribution in [0.4, 0.5) is 0 Å². The number of aryl methyl sites for hydroxylation is 1. The van der Waals surface area contributed by atoms with Gasteiger partial charge in [0.15, 0.2) is 0 Å². The summed E-state index contributed by atoms with van der Waals surface area (Å²) in [6.45, 7) is 5.63. The summed E-state index contributed by atoms with van der Waals surface area (Å²) < 4.78 is 5.32. The molecule has 5 heteroatoms. The first-order valence-electron chi connectivity index (χ1n) is 5.52. The van der Waals surface area contributed by atoms with Gasteiger partial charge in [-0.3, -0.25) is 4.79 Å². The van der Waals surface area contributed by atoms with Crippen molar-refractivity contribution in [3.8, 4) is 0 Å². The number of hydrogen-bond acceptors (Lipinski definition) is 4. The summed E-state index contributed by atoms with van der Waals surface area (Å²) in [6.07, 6.45) is 3.20. The molecule has 90 valence electrons. The Labute approximate surface area is 95.4 Å². The molecular weight excluding hydrogens is 206 g/mol. The molecule has 1 aromatic heterocycles. The maximum Gasteiger partial charge on any atom is 0.237 e. The van der Waals surface area contributed by atoms with Crippen LogP contribution in [0.5, 0.6) is 0 Å². The minimum atomic E-state index is -0.455. The molecule has 1 rings (SSSR count). The number of amides is 1. The van der Waals surface area contributed by atoms with Crippen molar-refractivity contribution in [2.45, 2.75) is 45.7 Å². The van der Waals surface area contributed by atoms with Crippen LogP contribution >= 0.6 is 0 Å². The largest absolute Gasteiger partial charge is 0.444 e. The summed E-state index contributed by atoms with van der Waals surface area (Å²) in [7, 11) is 0. The van der Waals surface area contributed by atoms with E-state index in [-0.39, 0.29) is 11.9 Å². The smallest absolute Gasteiger partial charge is 0.237 e. The number of hydrogen-bond donors (Lipinski definition) is 2. The third-order valence-corrected chi connectivity index (χ3v) is 2.30. The first kappa shape index (κ1) is 12.7. The van der Waals surface area contributed by atoms with E-state index in [4.69, 9.17) is 10.2 Å². The van der Waals surface area contributed by atoms with Crippen molar-refractivity contribution >= 4 is 5.91 Å². The molecule has 0 spiro atoms. The molecule has 16 heavy (non-hydrogen) atoms. The number of aromatic nitrogens is 1. The zero-order valence-electron chi connectivity index (χ0n) is 9.99. The predicted octanol–water partition coefficient (Wildman–Crippen LogP) is 1.29. The van der Waals surface area contributed by atoms with Gasteiger partial charge in [-0.05, 0) is 20.3 Å². The summed E-state index contributed by atoms with van der Waals surface area (Å²) in [5, 5.41) is 2.77. The number of oxazole rings is 1. The Balaban J connectivity index is 2.51. The van der Waals surface area contributed by atoms with Crippen LogP contribution in [0.25, 0.3) is 0 Å². The van der Waals surface area contributed by atoms with Crippen LogP contribution in [0, 0.1) is 6.92 Å². The second-order valence-corrected chi connectivity index (χ2v) is 3.93. The lowest BCUT2D eigenvalue weighted by atomic mass is 10.1. The molecule has 1 heterocycles. The Morgan fingerprint density at radius 3 is 2.88 bits per heavy atom. The average molecular weight is 225 g/mol. The highest BCUT2D eigenvalue weighted by Gasteiger charge is 2.18. The minimum absolute atomic E-state index is 0.162. The normalized spacial score (nSPS) is 14.5. The molecule has 0 radical (unpaired) electrons. The fourth-order valence-corrected chi connectivity index (χ4v) is 1.40. The van der Waals surface area contributed by atoms with Gasteiger partial charge >= 0.3 is 0 Å². The van der Waals surface area contributed by atoms with Crippen LogP contribution < -0.4 is 11.1 Å². The standard InChI is InChI=1S/C11H19N3O2/c1-4-5-9(12)10(15)14-8(3)11-13-6-7(2)16-11/h6,8-9H,4-5,12H2,1-3H3,(H,14,15). The van der Waals surface area contributed by atoms with E-state index < -0.39 is 6.04 Å². The summed E-state index contributed by atoms with van der Waals surface area (Å²) >= 11 is 0. The Morgan fingerprint density at radius 2 is 2.38 bits per heavy atom. The molecule has 5 nitrogen and oxygen atoms in total. The van der Waals surface area contributed by atoms with E-state index in [9.17, 15) is 4.79 Å². The molecule has 0 fully saturated rings. The van der Waals surface area contributed by atoms with Crippen LogP contribution in [0.2, 0.25) is 0 Å². The van der Waals surface area contributed by atoms with Gasteiger partial charge in [0, 0.05) is 0 Å². The third-order valence-electron chi connectivity index (χ3n) is 2.30. The second-order valence-electron chi connectivity index (χ2n) is 3.93. The number of carbonyl (C=O) groups is 1. The first-order valence-corrected chi connectivity index (χ1v) is 5.52. The predicted molar refractivity (Wildman–Crippen MR) is 60.7 cm³/mol. The average Bonchev–Trinajstić information content (AvgIpc) is 2.65. The first-order chi connectivity index (χ1) is 7.54. The topological polar surface area (TPSA) is 81.2 Å². The molecule has 2 unspecified atom stereocenters. The van der Waals surface area contributed by atoms with Gasteiger partial charge in [-0.15, -0.1) is 0 Å². The molecule has 1 aromatic rings. The lowest BCUT2D eigenvalue weighted by molar-refractivity contribution is -0.123. The van der Waals surface area contributed by atoms with E-state index in [0.29, 0.717) is 12.3 Å². The second kappa shape index (κ2) is 5.65. The van der Waals surface area contributed by atoms with Gasteiger partial charge < -0.3 is 15.5 Å². The van der Waals surface area contributed by atoms with Crippen molar-refractivity contribution in [1.29, 1.82) is 0 Å². The summed E-state index contributed by atoms with van der Waals surface area (Å²) in [4.78, 5) is 15.7. The van der Waals surface area contributed by atoms with Crippen LogP contribution in [-0.2, 0) is 4.79 Å². The lowest BCUT2D eigenvalue weighted by Gasteiger charge is -2.14. The van der Waals surface area contributed by atoms with Gasteiger partial charge in [-0.25, -0.2) is 4.98 Å². The van der Waals surface area contributed by atoms with Gasteiger partial charge in [0.1, 0.15) is 11.8 Å². The third kappa shape index (κ3) is 3.34.